The van der Waals surface area contributed by atoms with Crippen molar-refractivity contribution in [3.8, 4) is 0 Å². The summed E-state index contributed by atoms with van der Waals surface area (Å²) >= 11 is 0. The van der Waals surface area contributed by atoms with Gasteiger partial charge in [-0.15, -0.1) is 0 Å². The van der Waals surface area contributed by atoms with Crippen molar-refractivity contribution in [1.82, 2.24) is 9.80 Å². The van der Waals surface area contributed by atoms with Gasteiger partial charge in [-0.25, -0.2) is 4.39 Å². The number of halogens is 1. The van der Waals surface area contributed by atoms with Crippen LogP contribution >= 0.6 is 0 Å². The normalized spacial score (nSPS) is 16.4. The van der Waals surface area contributed by atoms with Crippen LogP contribution in [0.4, 0.5) is 4.39 Å². The number of rotatable bonds is 5. The molecule has 1 heterocycles. The first-order valence-corrected chi connectivity index (χ1v) is 7.05. The first kappa shape index (κ1) is 14.9. The number of benzene rings is 1. The van der Waals surface area contributed by atoms with Crippen molar-refractivity contribution >= 4 is 5.91 Å². The summed E-state index contributed by atoms with van der Waals surface area (Å²) in [6, 6.07) is 6.42. The van der Waals surface area contributed by atoms with E-state index in [1.165, 1.54) is 6.07 Å². The van der Waals surface area contributed by atoms with Gasteiger partial charge in [0.1, 0.15) is 5.82 Å². The molecule has 4 nitrogen and oxygen atoms in total. The van der Waals surface area contributed by atoms with Gasteiger partial charge in [0.05, 0.1) is 6.42 Å². The topological polar surface area (TPSA) is 43.8 Å². The van der Waals surface area contributed by atoms with E-state index in [0.29, 0.717) is 18.7 Å². The van der Waals surface area contributed by atoms with Crippen LogP contribution < -0.4 is 0 Å². The Kier molecular flexibility index (Phi) is 5.49. The third-order valence-corrected chi connectivity index (χ3v) is 3.66. The van der Waals surface area contributed by atoms with Crippen molar-refractivity contribution in [3.63, 3.8) is 0 Å². The average molecular weight is 280 g/mol. The number of piperazine rings is 1. The fraction of sp³-hybridized carbons (Fsp3) is 0.533. The second-order valence-electron chi connectivity index (χ2n) is 5.07. The van der Waals surface area contributed by atoms with Crippen LogP contribution in [0.15, 0.2) is 24.3 Å². The molecule has 0 bridgehead atoms. The van der Waals surface area contributed by atoms with Gasteiger partial charge in [-0.1, -0.05) is 18.2 Å². The SMILES string of the molecule is O=C(Cc1ccccc1F)N1CCN(CCCO)CC1. The van der Waals surface area contributed by atoms with Gasteiger partial charge in [0.15, 0.2) is 0 Å². The van der Waals surface area contributed by atoms with Crippen LogP contribution in [0.3, 0.4) is 0 Å². The van der Waals surface area contributed by atoms with Crippen LogP contribution in [0.2, 0.25) is 0 Å². The van der Waals surface area contributed by atoms with Crippen molar-refractivity contribution in [1.29, 1.82) is 0 Å². The molecule has 0 unspecified atom stereocenters. The van der Waals surface area contributed by atoms with Crippen molar-refractivity contribution in [3.05, 3.63) is 35.6 Å². The largest absolute Gasteiger partial charge is 0.396 e. The molecule has 2 rings (SSSR count). The molecule has 1 amide bonds. The molecule has 1 aliphatic rings. The number of aliphatic hydroxyl groups excluding tert-OH is 1. The van der Waals surface area contributed by atoms with E-state index in [9.17, 15) is 9.18 Å². The zero-order chi connectivity index (χ0) is 14.4. The maximum Gasteiger partial charge on any atom is 0.227 e. The van der Waals surface area contributed by atoms with Crippen molar-refractivity contribution in [2.45, 2.75) is 12.8 Å². The Labute approximate surface area is 118 Å². The van der Waals surface area contributed by atoms with Gasteiger partial charge in [-0.2, -0.15) is 0 Å². The number of carbonyl (C=O) groups is 1. The van der Waals surface area contributed by atoms with Crippen LogP contribution in [-0.4, -0.2) is 60.1 Å². The summed E-state index contributed by atoms with van der Waals surface area (Å²) in [5, 5.41) is 8.80. The Bertz CT molecular complexity index is 445. The fourth-order valence-corrected chi connectivity index (χ4v) is 2.43. The minimum absolute atomic E-state index is 0.0168. The zero-order valence-electron chi connectivity index (χ0n) is 11.6. The first-order chi connectivity index (χ1) is 9.70. The van der Waals surface area contributed by atoms with E-state index in [-0.39, 0.29) is 24.8 Å². The lowest BCUT2D eigenvalue weighted by molar-refractivity contribution is -0.132. The first-order valence-electron chi connectivity index (χ1n) is 7.05. The van der Waals surface area contributed by atoms with Crippen molar-refractivity contribution in [2.24, 2.45) is 0 Å². The highest BCUT2D eigenvalue weighted by Crippen LogP contribution is 2.10. The summed E-state index contributed by atoms with van der Waals surface area (Å²) in [7, 11) is 0. The number of nitrogens with zero attached hydrogens (tertiary/aromatic N) is 2. The standard InChI is InChI=1S/C15H21FN2O2/c16-14-5-2-1-4-13(14)12-15(20)18-9-7-17(8-10-18)6-3-11-19/h1-2,4-5,19H,3,6-12H2. The third-order valence-electron chi connectivity index (χ3n) is 3.66. The van der Waals surface area contributed by atoms with E-state index in [1.807, 2.05) is 0 Å². The molecular weight excluding hydrogens is 259 g/mol. The molecule has 0 atom stereocenters. The van der Waals surface area contributed by atoms with E-state index in [0.717, 1.165) is 26.1 Å². The smallest absolute Gasteiger partial charge is 0.227 e. The van der Waals surface area contributed by atoms with Gasteiger partial charge in [0, 0.05) is 39.3 Å². The van der Waals surface area contributed by atoms with Crippen LogP contribution in [0, 0.1) is 5.82 Å². The molecule has 1 N–H and O–H groups in total. The van der Waals surface area contributed by atoms with Crippen LogP contribution in [0.5, 0.6) is 0 Å². The van der Waals surface area contributed by atoms with Crippen LogP contribution in [0.1, 0.15) is 12.0 Å². The van der Waals surface area contributed by atoms with Crippen LogP contribution in [-0.2, 0) is 11.2 Å². The maximum absolute atomic E-state index is 13.5. The number of carbonyl (C=O) groups excluding carboxylic acids is 1. The minimum atomic E-state index is -0.317. The van der Waals surface area contributed by atoms with E-state index < -0.39 is 0 Å². The highest BCUT2D eigenvalue weighted by Gasteiger charge is 2.21. The van der Waals surface area contributed by atoms with E-state index in [1.54, 1.807) is 23.1 Å². The molecule has 20 heavy (non-hydrogen) atoms. The van der Waals surface area contributed by atoms with Gasteiger partial charge in [0.2, 0.25) is 5.91 Å². The Morgan fingerprint density at radius 1 is 1.20 bits per heavy atom. The highest BCUT2D eigenvalue weighted by atomic mass is 19.1. The van der Waals surface area contributed by atoms with Gasteiger partial charge < -0.3 is 10.0 Å². The summed E-state index contributed by atoms with van der Waals surface area (Å²) < 4.78 is 13.5. The number of aliphatic hydroxyl groups is 1. The Morgan fingerprint density at radius 3 is 2.55 bits per heavy atom. The lowest BCUT2D eigenvalue weighted by atomic mass is 10.1. The van der Waals surface area contributed by atoms with Gasteiger partial charge in [0.25, 0.3) is 0 Å². The maximum atomic E-state index is 13.5. The van der Waals surface area contributed by atoms with E-state index >= 15 is 0 Å². The van der Waals surface area contributed by atoms with Gasteiger partial charge in [-0.3, -0.25) is 9.69 Å². The van der Waals surface area contributed by atoms with Gasteiger partial charge >= 0.3 is 0 Å². The zero-order valence-corrected chi connectivity index (χ0v) is 11.6. The second kappa shape index (κ2) is 7.36. The molecule has 0 spiro atoms. The summed E-state index contributed by atoms with van der Waals surface area (Å²) in [5.41, 5.74) is 0.459. The molecule has 0 saturated carbocycles. The highest BCUT2D eigenvalue weighted by molar-refractivity contribution is 5.78. The molecule has 1 saturated heterocycles. The van der Waals surface area contributed by atoms with Crippen molar-refractivity contribution in [2.75, 3.05) is 39.3 Å². The lowest BCUT2D eigenvalue weighted by Crippen LogP contribution is -2.49. The summed E-state index contributed by atoms with van der Waals surface area (Å²) in [6.07, 6.45) is 0.895. The summed E-state index contributed by atoms with van der Waals surface area (Å²) in [4.78, 5) is 16.2. The quantitative estimate of drug-likeness (QED) is 0.871. The predicted octanol–water partition coefficient (Wildman–Crippen LogP) is 0.895. The third kappa shape index (κ3) is 4.02. The fourth-order valence-electron chi connectivity index (χ4n) is 2.43. The summed E-state index contributed by atoms with van der Waals surface area (Å²) in [6.45, 7) is 4.07. The van der Waals surface area contributed by atoms with E-state index in [2.05, 4.69) is 4.90 Å². The minimum Gasteiger partial charge on any atom is -0.396 e. The number of amides is 1. The molecule has 0 radical (unpaired) electrons. The second-order valence-corrected chi connectivity index (χ2v) is 5.07. The molecule has 1 aliphatic heterocycles. The average Bonchev–Trinajstić information content (AvgIpc) is 2.48. The predicted molar refractivity (Wildman–Crippen MR) is 74.8 cm³/mol. The van der Waals surface area contributed by atoms with E-state index in [4.69, 9.17) is 5.11 Å². The van der Waals surface area contributed by atoms with Crippen LogP contribution in [0.25, 0.3) is 0 Å². The monoisotopic (exact) mass is 280 g/mol. The van der Waals surface area contributed by atoms with Crippen molar-refractivity contribution < 1.29 is 14.3 Å². The number of hydrogen-bond acceptors (Lipinski definition) is 3. The van der Waals surface area contributed by atoms with Gasteiger partial charge in [-0.05, 0) is 18.1 Å². The lowest BCUT2D eigenvalue weighted by Gasteiger charge is -2.34. The Morgan fingerprint density at radius 2 is 1.90 bits per heavy atom. The molecule has 1 aromatic rings. The molecular formula is C15H21FN2O2. The Hall–Kier alpha value is -1.46. The molecule has 0 aromatic heterocycles. The summed E-state index contributed by atoms with van der Waals surface area (Å²) in [5.74, 6) is -0.334. The molecule has 110 valence electrons. The molecule has 5 heteroatoms. The Balaban J connectivity index is 1.82. The molecule has 0 aliphatic carbocycles. The molecule has 1 aromatic carbocycles. The number of hydrogen-bond donors (Lipinski definition) is 1. The molecule has 1 fully saturated rings.